The summed E-state index contributed by atoms with van der Waals surface area (Å²) in [6.45, 7) is 6.11. The first-order valence-corrected chi connectivity index (χ1v) is 8.90. The molecule has 2 heterocycles. The highest BCUT2D eigenvalue weighted by Crippen LogP contribution is 2.36. The molecule has 0 unspecified atom stereocenters. The zero-order chi connectivity index (χ0) is 16.4. The lowest BCUT2D eigenvalue weighted by Crippen LogP contribution is -2.39. The van der Waals surface area contributed by atoms with Gasteiger partial charge >= 0.3 is 0 Å². The van der Waals surface area contributed by atoms with Crippen LogP contribution < -0.4 is 5.32 Å². The van der Waals surface area contributed by atoms with E-state index in [4.69, 9.17) is 17.0 Å². The van der Waals surface area contributed by atoms with Crippen LogP contribution in [0.15, 0.2) is 0 Å². The van der Waals surface area contributed by atoms with E-state index in [0.29, 0.717) is 23.3 Å². The Balaban J connectivity index is 1.56. The molecule has 2 fully saturated rings. The monoisotopic (exact) mass is 338 g/mol. The summed E-state index contributed by atoms with van der Waals surface area (Å²) in [4.78, 5) is 12.6. The number of carbonyl (C=O) groups excluding carboxylic acids is 1. The zero-order valence-electron chi connectivity index (χ0n) is 13.9. The molecule has 1 aliphatic heterocycles. The van der Waals surface area contributed by atoms with Gasteiger partial charge in [-0.25, -0.2) is 0 Å². The van der Waals surface area contributed by atoms with Gasteiger partial charge in [-0.05, 0) is 50.2 Å². The average molecular weight is 338 g/mol. The fraction of sp³-hybridized carbons (Fsp3) is 0.812. The third-order valence-corrected chi connectivity index (χ3v) is 5.14. The van der Waals surface area contributed by atoms with E-state index in [2.05, 4.69) is 15.5 Å². The highest BCUT2D eigenvalue weighted by Gasteiger charge is 2.32. The molecule has 0 spiro atoms. The standard InChI is InChI=1S/C16H26N4O2S/c1-16(2,9-11-5-7-22-8-6-11)14(21)17-10-13-18-19-15(23)20(13)12-3-4-12/h11-12H,3-10H2,1-2H3,(H,17,21)(H,19,23). The molecule has 0 atom stereocenters. The van der Waals surface area contributed by atoms with E-state index in [0.717, 1.165) is 51.1 Å². The molecule has 23 heavy (non-hydrogen) atoms. The largest absolute Gasteiger partial charge is 0.381 e. The van der Waals surface area contributed by atoms with Crippen LogP contribution in [0.3, 0.4) is 0 Å². The van der Waals surface area contributed by atoms with Crippen molar-refractivity contribution in [1.82, 2.24) is 20.1 Å². The van der Waals surface area contributed by atoms with Crippen LogP contribution in [0.25, 0.3) is 0 Å². The van der Waals surface area contributed by atoms with Gasteiger partial charge in [0.05, 0.1) is 6.54 Å². The molecule has 0 aromatic carbocycles. The summed E-state index contributed by atoms with van der Waals surface area (Å²) in [6.07, 6.45) is 5.29. The van der Waals surface area contributed by atoms with Crippen molar-refractivity contribution in [3.8, 4) is 0 Å². The fourth-order valence-corrected chi connectivity index (χ4v) is 3.63. The van der Waals surface area contributed by atoms with E-state index in [1.165, 1.54) is 0 Å². The van der Waals surface area contributed by atoms with Crippen LogP contribution in [-0.2, 0) is 16.1 Å². The highest BCUT2D eigenvalue weighted by molar-refractivity contribution is 7.71. The highest BCUT2D eigenvalue weighted by atomic mass is 32.1. The van der Waals surface area contributed by atoms with Crippen LogP contribution >= 0.6 is 12.2 Å². The SMILES string of the molecule is CC(C)(CC1CCOCC1)C(=O)NCc1n[nH]c(=S)n1C1CC1. The van der Waals surface area contributed by atoms with Crippen molar-refractivity contribution < 1.29 is 9.53 Å². The van der Waals surface area contributed by atoms with Gasteiger partial charge in [-0.1, -0.05) is 13.8 Å². The van der Waals surface area contributed by atoms with Gasteiger partial charge in [0.1, 0.15) is 0 Å². The van der Waals surface area contributed by atoms with E-state index in [1.807, 2.05) is 18.4 Å². The zero-order valence-corrected chi connectivity index (χ0v) is 14.7. The van der Waals surface area contributed by atoms with Gasteiger partial charge in [0.25, 0.3) is 0 Å². The van der Waals surface area contributed by atoms with Gasteiger partial charge < -0.3 is 10.1 Å². The summed E-state index contributed by atoms with van der Waals surface area (Å²) in [6, 6.07) is 0.461. The molecule has 128 valence electrons. The lowest BCUT2D eigenvalue weighted by atomic mass is 9.79. The molecule has 1 saturated carbocycles. The van der Waals surface area contributed by atoms with Gasteiger partial charge in [0, 0.05) is 24.7 Å². The first-order chi connectivity index (χ1) is 11.0. The number of aromatic nitrogens is 3. The Labute approximate surface area is 142 Å². The van der Waals surface area contributed by atoms with Crippen LogP contribution in [0, 0.1) is 16.1 Å². The Bertz CT molecular complexity index is 612. The van der Waals surface area contributed by atoms with Gasteiger partial charge in [-0.3, -0.25) is 14.5 Å². The second-order valence-electron chi connectivity index (χ2n) is 7.37. The van der Waals surface area contributed by atoms with Crippen molar-refractivity contribution in [2.45, 2.75) is 58.5 Å². The Morgan fingerprint density at radius 3 is 2.74 bits per heavy atom. The summed E-state index contributed by atoms with van der Waals surface area (Å²) >= 11 is 5.27. The molecule has 6 nitrogen and oxygen atoms in total. The number of ether oxygens (including phenoxy) is 1. The number of carbonyl (C=O) groups is 1. The molecule has 1 aliphatic carbocycles. The maximum Gasteiger partial charge on any atom is 0.226 e. The Morgan fingerprint density at radius 1 is 1.39 bits per heavy atom. The number of amides is 1. The van der Waals surface area contributed by atoms with Gasteiger partial charge in [-0.2, -0.15) is 5.10 Å². The van der Waals surface area contributed by atoms with E-state index in [1.54, 1.807) is 0 Å². The normalized spacial score (nSPS) is 19.7. The smallest absolute Gasteiger partial charge is 0.226 e. The summed E-state index contributed by atoms with van der Waals surface area (Å²) in [5.74, 6) is 1.48. The number of aromatic amines is 1. The molecule has 1 aromatic rings. The van der Waals surface area contributed by atoms with Crippen LogP contribution in [0.5, 0.6) is 0 Å². The Morgan fingerprint density at radius 2 is 2.09 bits per heavy atom. The molecule has 0 radical (unpaired) electrons. The molecular formula is C16H26N4O2S. The minimum Gasteiger partial charge on any atom is -0.381 e. The van der Waals surface area contributed by atoms with Crippen LogP contribution in [-0.4, -0.2) is 33.9 Å². The maximum absolute atomic E-state index is 12.6. The number of H-pyrrole nitrogens is 1. The second-order valence-corrected chi connectivity index (χ2v) is 7.76. The second kappa shape index (κ2) is 6.73. The molecule has 1 amide bonds. The Hall–Kier alpha value is -1.21. The first-order valence-electron chi connectivity index (χ1n) is 8.49. The van der Waals surface area contributed by atoms with Crippen molar-refractivity contribution in [1.29, 1.82) is 0 Å². The molecule has 2 N–H and O–H groups in total. The van der Waals surface area contributed by atoms with Crippen LogP contribution in [0.4, 0.5) is 0 Å². The molecule has 3 rings (SSSR count). The van der Waals surface area contributed by atoms with Crippen molar-refractivity contribution in [2.24, 2.45) is 11.3 Å². The summed E-state index contributed by atoms with van der Waals surface area (Å²) in [7, 11) is 0. The predicted octanol–water partition coefficient (Wildman–Crippen LogP) is 2.73. The first kappa shape index (κ1) is 16.6. The minimum absolute atomic E-state index is 0.0836. The molecule has 2 aliphatic rings. The molecule has 0 bridgehead atoms. The maximum atomic E-state index is 12.6. The third kappa shape index (κ3) is 4.01. The molecule has 7 heteroatoms. The fourth-order valence-electron chi connectivity index (χ4n) is 3.33. The average Bonchev–Trinajstić information content (AvgIpc) is 3.28. The number of hydrogen-bond donors (Lipinski definition) is 2. The topological polar surface area (TPSA) is 71.9 Å². The number of nitrogens with one attached hydrogen (secondary N) is 2. The predicted molar refractivity (Wildman–Crippen MR) is 89.5 cm³/mol. The summed E-state index contributed by atoms with van der Waals surface area (Å²) < 4.78 is 8.09. The summed E-state index contributed by atoms with van der Waals surface area (Å²) in [5.41, 5.74) is -0.375. The third-order valence-electron chi connectivity index (χ3n) is 4.85. The van der Waals surface area contributed by atoms with Crippen molar-refractivity contribution >= 4 is 18.1 Å². The van der Waals surface area contributed by atoms with Crippen molar-refractivity contribution in [2.75, 3.05) is 13.2 Å². The molecule has 1 aromatic heterocycles. The molecular weight excluding hydrogens is 312 g/mol. The lowest BCUT2D eigenvalue weighted by molar-refractivity contribution is -0.130. The van der Waals surface area contributed by atoms with Gasteiger partial charge in [0.2, 0.25) is 5.91 Å². The summed E-state index contributed by atoms with van der Waals surface area (Å²) in [5, 5.41) is 10.1. The van der Waals surface area contributed by atoms with Crippen LogP contribution in [0.1, 0.15) is 57.8 Å². The van der Waals surface area contributed by atoms with E-state index >= 15 is 0 Å². The van der Waals surface area contributed by atoms with Crippen LogP contribution in [0.2, 0.25) is 0 Å². The lowest BCUT2D eigenvalue weighted by Gasteiger charge is -2.30. The molecule has 1 saturated heterocycles. The van der Waals surface area contributed by atoms with E-state index in [9.17, 15) is 4.79 Å². The van der Waals surface area contributed by atoms with Crippen molar-refractivity contribution in [3.05, 3.63) is 10.6 Å². The minimum atomic E-state index is -0.375. The number of nitrogens with zero attached hydrogens (tertiary/aromatic N) is 2. The van der Waals surface area contributed by atoms with E-state index < -0.39 is 0 Å². The van der Waals surface area contributed by atoms with Gasteiger partial charge in [0.15, 0.2) is 10.6 Å². The Kier molecular flexibility index (Phi) is 4.87. The quantitative estimate of drug-likeness (QED) is 0.782. The van der Waals surface area contributed by atoms with E-state index in [-0.39, 0.29) is 11.3 Å². The number of rotatable bonds is 6. The van der Waals surface area contributed by atoms with Crippen molar-refractivity contribution in [3.63, 3.8) is 0 Å². The number of hydrogen-bond acceptors (Lipinski definition) is 4. The van der Waals surface area contributed by atoms with Gasteiger partial charge in [-0.15, -0.1) is 0 Å².